The molecule has 0 saturated carbocycles. The Hall–Kier alpha value is -1.13. The summed E-state index contributed by atoms with van der Waals surface area (Å²) < 4.78 is 0. The highest BCUT2D eigenvalue weighted by atomic mass is 15.2. The van der Waals surface area contributed by atoms with Gasteiger partial charge in [-0.3, -0.25) is 0 Å². The van der Waals surface area contributed by atoms with Crippen LogP contribution in [0.2, 0.25) is 0 Å². The van der Waals surface area contributed by atoms with Crippen LogP contribution in [-0.2, 0) is 0 Å². The summed E-state index contributed by atoms with van der Waals surface area (Å²) in [5.74, 6) is 2.00. The van der Waals surface area contributed by atoms with Crippen molar-refractivity contribution < 1.29 is 0 Å². The van der Waals surface area contributed by atoms with E-state index in [2.05, 4.69) is 33.8 Å². The van der Waals surface area contributed by atoms with E-state index in [1.165, 1.54) is 64.6 Å². The Kier molecular flexibility index (Phi) is 13.2. The number of likely N-dealkylation sites (tertiary alicyclic amines) is 1. The van der Waals surface area contributed by atoms with Gasteiger partial charge in [-0.05, 0) is 81.6 Å². The van der Waals surface area contributed by atoms with Gasteiger partial charge in [0.1, 0.15) is 5.82 Å². The second-order valence-corrected chi connectivity index (χ2v) is 8.21. The largest absolute Gasteiger partial charge is 0.357 e. The summed E-state index contributed by atoms with van der Waals surface area (Å²) in [7, 11) is 0. The van der Waals surface area contributed by atoms with E-state index in [1.54, 1.807) is 0 Å². The number of nitrogens with zero attached hydrogens (tertiary/aromatic N) is 3. The fourth-order valence-electron chi connectivity index (χ4n) is 4.92. The summed E-state index contributed by atoms with van der Waals surface area (Å²) in [4.78, 5) is 9.67. The third-order valence-corrected chi connectivity index (χ3v) is 6.48. The molecule has 0 amide bonds. The SMILES string of the molecule is CC.CC.CCCC1(CCN)CCN(CC2CCN(c3ccccn3)CC2)CC1. The Morgan fingerprint density at radius 2 is 1.66 bits per heavy atom. The predicted octanol–water partition coefficient (Wildman–Crippen LogP) is 5.58. The number of nitrogens with two attached hydrogens (primary N) is 1. The highest BCUT2D eigenvalue weighted by Gasteiger charge is 2.33. The number of aromatic nitrogens is 1. The van der Waals surface area contributed by atoms with E-state index in [0.29, 0.717) is 5.41 Å². The van der Waals surface area contributed by atoms with E-state index < -0.39 is 0 Å². The van der Waals surface area contributed by atoms with E-state index in [1.807, 2.05) is 40.0 Å². The number of pyridine rings is 1. The molecule has 3 rings (SSSR count). The van der Waals surface area contributed by atoms with Crippen molar-refractivity contribution in [3.63, 3.8) is 0 Å². The van der Waals surface area contributed by atoms with Crippen molar-refractivity contribution in [2.24, 2.45) is 17.1 Å². The van der Waals surface area contributed by atoms with Crippen LogP contribution in [0.3, 0.4) is 0 Å². The van der Waals surface area contributed by atoms with Crippen molar-refractivity contribution >= 4 is 5.82 Å². The van der Waals surface area contributed by atoms with Gasteiger partial charge >= 0.3 is 0 Å². The third kappa shape index (κ3) is 8.25. The van der Waals surface area contributed by atoms with Crippen molar-refractivity contribution in [1.82, 2.24) is 9.88 Å². The van der Waals surface area contributed by atoms with E-state index in [9.17, 15) is 0 Å². The second kappa shape index (κ2) is 14.8. The zero-order valence-corrected chi connectivity index (χ0v) is 20.0. The molecule has 168 valence electrons. The maximum Gasteiger partial charge on any atom is 0.128 e. The Bertz CT molecular complexity index is 481. The molecule has 2 saturated heterocycles. The molecule has 0 spiro atoms. The molecule has 1 aromatic heterocycles. The van der Waals surface area contributed by atoms with E-state index in [-0.39, 0.29) is 0 Å². The van der Waals surface area contributed by atoms with Gasteiger partial charge in [-0.15, -0.1) is 0 Å². The minimum absolute atomic E-state index is 0.544. The second-order valence-electron chi connectivity index (χ2n) is 8.21. The third-order valence-electron chi connectivity index (χ3n) is 6.48. The molecule has 0 aromatic carbocycles. The molecule has 0 aliphatic carbocycles. The smallest absolute Gasteiger partial charge is 0.128 e. The highest BCUT2D eigenvalue weighted by Crippen LogP contribution is 2.39. The lowest BCUT2D eigenvalue weighted by molar-refractivity contribution is 0.0747. The molecule has 29 heavy (non-hydrogen) atoms. The fourth-order valence-corrected chi connectivity index (χ4v) is 4.92. The first-order chi connectivity index (χ1) is 14.2. The van der Waals surface area contributed by atoms with Crippen LogP contribution in [-0.4, -0.2) is 49.2 Å². The van der Waals surface area contributed by atoms with Crippen LogP contribution >= 0.6 is 0 Å². The number of anilines is 1. The maximum atomic E-state index is 5.90. The molecular weight excluding hydrogens is 356 g/mol. The van der Waals surface area contributed by atoms with Gasteiger partial charge in [0.15, 0.2) is 0 Å². The zero-order chi connectivity index (χ0) is 21.5. The molecule has 0 unspecified atom stereocenters. The van der Waals surface area contributed by atoms with Crippen molar-refractivity contribution in [2.75, 3.05) is 44.2 Å². The number of piperidine rings is 2. The Balaban J connectivity index is 0.000000989. The van der Waals surface area contributed by atoms with E-state index >= 15 is 0 Å². The van der Waals surface area contributed by atoms with Crippen LogP contribution in [0.15, 0.2) is 24.4 Å². The first-order valence-corrected chi connectivity index (χ1v) is 12.3. The van der Waals surface area contributed by atoms with Gasteiger partial charge in [-0.1, -0.05) is 47.1 Å². The molecule has 0 radical (unpaired) electrons. The standard InChI is InChI=1S/C21H36N4.2C2H6/c1-2-8-21(9-12-22)10-16-24(17-11-21)18-19-6-14-25(15-7-19)20-5-3-4-13-23-20;2*1-2/h3-5,13,19H,2,6-12,14-18,22H2,1H3;2*1-2H3. The summed E-state index contributed by atoms with van der Waals surface area (Å²) in [5.41, 5.74) is 6.44. The Morgan fingerprint density at radius 1 is 1.00 bits per heavy atom. The molecule has 0 atom stereocenters. The quantitative estimate of drug-likeness (QED) is 0.644. The van der Waals surface area contributed by atoms with Gasteiger partial charge in [0.2, 0.25) is 0 Å². The maximum absolute atomic E-state index is 5.90. The molecule has 2 N–H and O–H groups in total. The van der Waals surface area contributed by atoms with Gasteiger partial charge in [-0.2, -0.15) is 0 Å². The van der Waals surface area contributed by atoms with Crippen LogP contribution in [0.1, 0.15) is 79.6 Å². The van der Waals surface area contributed by atoms with Crippen molar-refractivity contribution in [2.45, 2.75) is 79.6 Å². The van der Waals surface area contributed by atoms with Crippen LogP contribution in [0.25, 0.3) is 0 Å². The first-order valence-electron chi connectivity index (χ1n) is 12.3. The molecule has 4 heteroatoms. The topological polar surface area (TPSA) is 45.4 Å². The molecule has 4 nitrogen and oxygen atoms in total. The lowest BCUT2D eigenvalue weighted by Crippen LogP contribution is -2.45. The summed E-state index contributed by atoms with van der Waals surface area (Å²) >= 11 is 0. The molecular formula is C25H48N4. The predicted molar refractivity (Wildman–Crippen MR) is 129 cm³/mol. The number of hydrogen-bond acceptors (Lipinski definition) is 4. The molecule has 2 aliphatic rings. The van der Waals surface area contributed by atoms with Crippen molar-refractivity contribution in [3.05, 3.63) is 24.4 Å². The monoisotopic (exact) mass is 404 g/mol. The Morgan fingerprint density at radius 3 is 2.17 bits per heavy atom. The average molecular weight is 405 g/mol. The van der Waals surface area contributed by atoms with Crippen LogP contribution in [0, 0.1) is 11.3 Å². The molecule has 1 aromatic rings. The molecule has 3 heterocycles. The van der Waals surface area contributed by atoms with E-state index in [0.717, 1.165) is 31.4 Å². The van der Waals surface area contributed by atoms with Crippen LogP contribution in [0.5, 0.6) is 0 Å². The lowest BCUT2D eigenvalue weighted by atomic mass is 9.72. The molecule has 2 fully saturated rings. The minimum Gasteiger partial charge on any atom is -0.357 e. The highest BCUT2D eigenvalue weighted by molar-refractivity contribution is 5.37. The lowest BCUT2D eigenvalue weighted by Gasteiger charge is -2.44. The summed E-state index contributed by atoms with van der Waals surface area (Å²) in [6.45, 7) is 17.3. The Labute approximate surface area is 181 Å². The van der Waals surface area contributed by atoms with Gasteiger partial charge in [-0.25, -0.2) is 4.98 Å². The fraction of sp³-hybridized carbons (Fsp3) is 0.800. The first kappa shape index (κ1) is 25.9. The minimum atomic E-state index is 0.544. The van der Waals surface area contributed by atoms with Gasteiger partial charge in [0, 0.05) is 25.8 Å². The zero-order valence-electron chi connectivity index (χ0n) is 20.0. The summed E-state index contributed by atoms with van der Waals surface area (Å²) in [6, 6.07) is 6.22. The molecule has 2 aliphatic heterocycles. The number of hydrogen-bond donors (Lipinski definition) is 1. The van der Waals surface area contributed by atoms with Crippen LogP contribution in [0.4, 0.5) is 5.82 Å². The van der Waals surface area contributed by atoms with Gasteiger partial charge in [0.25, 0.3) is 0 Å². The summed E-state index contributed by atoms with van der Waals surface area (Å²) in [6.07, 6.45) is 11.1. The van der Waals surface area contributed by atoms with Crippen molar-refractivity contribution in [1.29, 1.82) is 0 Å². The molecule has 0 bridgehead atoms. The van der Waals surface area contributed by atoms with Crippen LogP contribution < -0.4 is 10.6 Å². The average Bonchev–Trinajstić information content (AvgIpc) is 2.80. The number of rotatable bonds is 7. The van der Waals surface area contributed by atoms with Gasteiger partial charge in [0.05, 0.1) is 0 Å². The van der Waals surface area contributed by atoms with Gasteiger partial charge < -0.3 is 15.5 Å². The normalized spacial score (nSPS) is 19.6. The van der Waals surface area contributed by atoms with E-state index in [4.69, 9.17) is 5.73 Å². The van der Waals surface area contributed by atoms with Crippen molar-refractivity contribution in [3.8, 4) is 0 Å². The summed E-state index contributed by atoms with van der Waals surface area (Å²) in [5, 5.41) is 0.